The Morgan fingerprint density at radius 1 is 1.24 bits per heavy atom. The van der Waals surface area contributed by atoms with Gasteiger partial charge in [0.2, 0.25) is 5.88 Å². The van der Waals surface area contributed by atoms with Gasteiger partial charge in [0, 0.05) is 13.1 Å². The molecular formula is C12H12BrN3O. The fourth-order valence-electron chi connectivity index (χ4n) is 1.36. The molecule has 0 atom stereocenters. The monoisotopic (exact) mass is 293 g/mol. The summed E-state index contributed by atoms with van der Waals surface area (Å²) in [4.78, 5) is 8.43. The average molecular weight is 294 g/mol. The van der Waals surface area contributed by atoms with Crippen molar-refractivity contribution in [3.05, 3.63) is 40.6 Å². The molecule has 1 aromatic carbocycles. The van der Waals surface area contributed by atoms with Crippen LogP contribution in [0.15, 0.2) is 34.8 Å². The molecule has 0 spiro atoms. The van der Waals surface area contributed by atoms with Gasteiger partial charge in [-0.1, -0.05) is 12.1 Å². The topological polar surface area (TPSA) is 47.0 Å². The normalized spacial score (nSPS) is 10.1. The van der Waals surface area contributed by atoms with Gasteiger partial charge in [0.25, 0.3) is 0 Å². The summed E-state index contributed by atoms with van der Waals surface area (Å²) in [6.45, 7) is 1.83. The molecule has 2 aromatic rings. The van der Waals surface area contributed by atoms with E-state index in [0.29, 0.717) is 11.7 Å². The highest BCUT2D eigenvalue weighted by Gasteiger charge is 2.05. The molecule has 0 bridgehead atoms. The molecule has 88 valence electrons. The van der Waals surface area contributed by atoms with Gasteiger partial charge < -0.3 is 10.1 Å². The quantitative estimate of drug-likeness (QED) is 0.942. The molecule has 0 aliphatic heterocycles. The van der Waals surface area contributed by atoms with E-state index in [1.54, 1.807) is 6.07 Å². The van der Waals surface area contributed by atoms with Crippen LogP contribution in [0, 0.1) is 6.92 Å². The lowest BCUT2D eigenvalue weighted by Gasteiger charge is -2.08. The Balaban J connectivity index is 2.30. The molecule has 1 N–H and O–H groups in total. The van der Waals surface area contributed by atoms with E-state index in [4.69, 9.17) is 4.74 Å². The van der Waals surface area contributed by atoms with E-state index in [1.165, 1.54) is 0 Å². The molecular weight excluding hydrogens is 282 g/mol. The van der Waals surface area contributed by atoms with E-state index in [-0.39, 0.29) is 0 Å². The van der Waals surface area contributed by atoms with Gasteiger partial charge in [-0.05, 0) is 35.0 Å². The molecule has 0 saturated heterocycles. The maximum atomic E-state index is 5.69. The van der Waals surface area contributed by atoms with Crippen molar-refractivity contribution in [2.24, 2.45) is 0 Å². The predicted octanol–water partition coefficient (Wildman–Crippen LogP) is 3.38. The lowest BCUT2D eigenvalue weighted by Crippen LogP contribution is -1.98. The Hall–Kier alpha value is -1.62. The van der Waals surface area contributed by atoms with E-state index >= 15 is 0 Å². The van der Waals surface area contributed by atoms with E-state index in [0.717, 1.165) is 16.0 Å². The number of halogens is 1. The van der Waals surface area contributed by atoms with Crippen LogP contribution in [0.1, 0.15) is 5.82 Å². The van der Waals surface area contributed by atoms with Crippen LogP contribution in [0.5, 0.6) is 11.6 Å². The predicted molar refractivity (Wildman–Crippen MR) is 70.5 cm³/mol. The van der Waals surface area contributed by atoms with E-state index in [9.17, 15) is 0 Å². The highest BCUT2D eigenvalue weighted by Crippen LogP contribution is 2.28. The molecule has 0 fully saturated rings. The number of ether oxygens (including phenoxy) is 1. The Morgan fingerprint density at radius 3 is 2.71 bits per heavy atom. The van der Waals surface area contributed by atoms with E-state index in [2.05, 4.69) is 31.2 Å². The van der Waals surface area contributed by atoms with Crippen LogP contribution in [0.3, 0.4) is 0 Å². The van der Waals surface area contributed by atoms with Crippen LogP contribution in [-0.4, -0.2) is 17.0 Å². The molecule has 0 saturated carbocycles. The van der Waals surface area contributed by atoms with Gasteiger partial charge in [-0.2, -0.15) is 4.98 Å². The van der Waals surface area contributed by atoms with E-state index in [1.807, 2.05) is 38.2 Å². The van der Waals surface area contributed by atoms with Crippen LogP contribution >= 0.6 is 15.9 Å². The summed E-state index contributed by atoms with van der Waals surface area (Å²) in [5.74, 6) is 2.65. The molecule has 4 nitrogen and oxygen atoms in total. The largest absolute Gasteiger partial charge is 0.438 e. The Morgan fingerprint density at radius 2 is 2.00 bits per heavy atom. The molecule has 17 heavy (non-hydrogen) atoms. The minimum absolute atomic E-state index is 0.522. The Bertz CT molecular complexity index is 531. The SMILES string of the molecule is CNc1cc(Oc2ccccc2Br)nc(C)n1. The first-order chi connectivity index (χ1) is 8.19. The van der Waals surface area contributed by atoms with Crippen molar-refractivity contribution in [1.29, 1.82) is 0 Å². The lowest BCUT2D eigenvalue weighted by atomic mass is 10.3. The Labute approximate surface area is 108 Å². The third-order valence-corrected chi connectivity index (χ3v) is 2.78. The van der Waals surface area contributed by atoms with E-state index < -0.39 is 0 Å². The zero-order chi connectivity index (χ0) is 12.3. The summed E-state index contributed by atoms with van der Waals surface area (Å²) in [6, 6.07) is 9.39. The van der Waals surface area contributed by atoms with Crippen LogP contribution < -0.4 is 10.1 Å². The highest BCUT2D eigenvalue weighted by atomic mass is 79.9. The molecule has 1 aromatic heterocycles. The van der Waals surface area contributed by atoms with Gasteiger partial charge in [0.05, 0.1) is 4.47 Å². The zero-order valence-electron chi connectivity index (χ0n) is 9.57. The van der Waals surface area contributed by atoms with Gasteiger partial charge in [-0.3, -0.25) is 0 Å². The molecule has 0 amide bonds. The fourth-order valence-corrected chi connectivity index (χ4v) is 1.73. The number of hydrogen-bond donors (Lipinski definition) is 1. The molecule has 2 rings (SSSR count). The number of anilines is 1. The first kappa shape index (κ1) is 11.9. The van der Waals surface area contributed by atoms with Crippen LogP contribution in [0.4, 0.5) is 5.82 Å². The second kappa shape index (κ2) is 5.14. The molecule has 0 radical (unpaired) electrons. The summed E-state index contributed by atoms with van der Waals surface area (Å²) < 4.78 is 6.59. The fraction of sp³-hybridized carbons (Fsp3) is 0.167. The van der Waals surface area contributed by atoms with Gasteiger partial charge in [-0.25, -0.2) is 4.98 Å². The number of aromatic nitrogens is 2. The van der Waals surface area contributed by atoms with Gasteiger partial charge in [0.15, 0.2) is 0 Å². The summed E-state index contributed by atoms with van der Waals surface area (Å²) in [7, 11) is 1.81. The number of benzene rings is 1. The van der Waals surface area contributed by atoms with Gasteiger partial charge in [-0.15, -0.1) is 0 Å². The summed E-state index contributed by atoms with van der Waals surface area (Å²) in [5.41, 5.74) is 0. The average Bonchev–Trinajstić information content (AvgIpc) is 2.31. The first-order valence-corrected chi connectivity index (χ1v) is 5.94. The molecule has 0 aliphatic carbocycles. The minimum atomic E-state index is 0.522. The van der Waals surface area contributed by atoms with Crippen molar-refractivity contribution in [2.75, 3.05) is 12.4 Å². The highest BCUT2D eigenvalue weighted by molar-refractivity contribution is 9.10. The number of hydrogen-bond acceptors (Lipinski definition) is 4. The Kier molecular flexibility index (Phi) is 3.58. The third-order valence-electron chi connectivity index (χ3n) is 2.12. The van der Waals surface area contributed by atoms with Crippen molar-refractivity contribution in [3.8, 4) is 11.6 Å². The molecule has 5 heteroatoms. The third kappa shape index (κ3) is 2.94. The maximum Gasteiger partial charge on any atom is 0.224 e. The summed E-state index contributed by atoms with van der Waals surface area (Å²) in [6.07, 6.45) is 0. The van der Waals surface area contributed by atoms with Gasteiger partial charge >= 0.3 is 0 Å². The number of para-hydroxylation sites is 1. The van der Waals surface area contributed by atoms with Crippen molar-refractivity contribution >= 4 is 21.7 Å². The number of nitrogens with zero attached hydrogens (tertiary/aromatic N) is 2. The summed E-state index contributed by atoms with van der Waals surface area (Å²) in [5, 5.41) is 2.97. The van der Waals surface area contributed by atoms with Crippen molar-refractivity contribution < 1.29 is 4.74 Å². The first-order valence-electron chi connectivity index (χ1n) is 5.15. The second-order valence-corrected chi connectivity index (χ2v) is 4.28. The number of nitrogens with one attached hydrogen (secondary N) is 1. The molecule has 0 aliphatic rings. The number of rotatable bonds is 3. The molecule has 1 heterocycles. The molecule has 0 unspecified atom stereocenters. The summed E-state index contributed by atoms with van der Waals surface area (Å²) >= 11 is 3.42. The van der Waals surface area contributed by atoms with Crippen molar-refractivity contribution in [2.45, 2.75) is 6.92 Å². The smallest absolute Gasteiger partial charge is 0.224 e. The zero-order valence-corrected chi connectivity index (χ0v) is 11.2. The lowest BCUT2D eigenvalue weighted by molar-refractivity contribution is 0.457. The maximum absolute atomic E-state index is 5.69. The van der Waals surface area contributed by atoms with Gasteiger partial charge in [0.1, 0.15) is 17.4 Å². The number of aryl methyl sites for hydroxylation is 1. The standard InChI is InChI=1S/C12H12BrN3O/c1-8-15-11(14-2)7-12(16-8)17-10-6-4-3-5-9(10)13/h3-7H,1-2H3,(H,14,15,16). The van der Waals surface area contributed by atoms with Crippen molar-refractivity contribution in [1.82, 2.24) is 9.97 Å². The minimum Gasteiger partial charge on any atom is -0.438 e. The van der Waals surface area contributed by atoms with Crippen LogP contribution in [0.2, 0.25) is 0 Å². The van der Waals surface area contributed by atoms with Crippen molar-refractivity contribution in [3.63, 3.8) is 0 Å². The van der Waals surface area contributed by atoms with Crippen LogP contribution in [0.25, 0.3) is 0 Å². The second-order valence-electron chi connectivity index (χ2n) is 3.42. The van der Waals surface area contributed by atoms with Crippen LogP contribution in [-0.2, 0) is 0 Å².